The molecule has 0 rings (SSSR count). The van der Waals surface area contributed by atoms with Crippen molar-refractivity contribution in [1.82, 2.24) is 0 Å². The lowest BCUT2D eigenvalue weighted by Crippen LogP contribution is -2.08. The molecule has 0 aliphatic carbocycles. The maximum absolute atomic E-state index is 10.2. The van der Waals surface area contributed by atoms with Gasteiger partial charge in [0.25, 0.3) is 0 Å². The van der Waals surface area contributed by atoms with Gasteiger partial charge in [-0.15, -0.1) is 11.8 Å². The Morgan fingerprint density at radius 3 is 2.50 bits per heavy atom. The molecule has 0 atom stereocenters. The first-order chi connectivity index (χ1) is 5.45. The first-order valence-electron chi connectivity index (χ1n) is 3.49. The fourth-order valence-corrected chi connectivity index (χ4v) is 0.977. The van der Waals surface area contributed by atoms with Gasteiger partial charge < -0.3 is 10.8 Å². The molecule has 0 saturated heterocycles. The molecule has 0 aliphatic rings. The van der Waals surface area contributed by atoms with E-state index in [0.29, 0.717) is 5.92 Å². The molecule has 0 saturated carbocycles. The number of carbonyl (C=O) groups is 1. The van der Waals surface area contributed by atoms with Crippen molar-refractivity contribution in [3.8, 4) is 0 Å². The Labute approximate surface area is 76.3 Å². The SMILES string of the molecule is C=C(S/C=C(\N)C(=O)O)C(C)C. The molecular weight excluding hydrogens is 174 g/mol. The molecule has 12 heavy (non-hydrogen) atoms. The van der Waals surface area contributed by atoms with E-state index in [2.05, 4.69) is 6.58 Å². The molecule has 4 heteroatoms. The van der Waals surface area contributed by atoms with Crippen LogP contribution < -0.4 is 5.73 Å². The largest absolute Gasteiger partial charge is 0.477 e. The number of allylic oxidation sites excluding steroid dienone is 1. The van der Waals surface area contributed by atoms with Crippen molar-refractivity contribution < 1.29 is 9.90 Å². The highest BCUT2D eigenvalue weighted by molar-refractivity contribution is 8.05. The standard InChI is InChI=1S/C8H13NO2S/c1-5(2)6(3)12-4-7(9)8(10)11/h4-5H,3,9H2,1-2H3,(H,10,11)/b7-4-. The first-order valence-corrected chi connectivity index (χ1v) is 4.37. The van der Waals surface area contributed by atoms with Gasteiger partial charge in [-0.3, -0.25) is 0 Å². The molecule has 0 aromatic rings. The minimum Gasteiger partial charge on any atom is -0.477 e. The minimum atomic E-state index is -1.10. The van der Waals surface area contributed by atoms with Gasteiger partial charge in [0.2, 0.25) is 0 Å². The molecule has 3 N–H and O–H groups in total. The summed E-state index contributed by atoms with van der Waals surface area (Å²) < 4.78 is 0. The van der Waals surface area contributed by atoms with E-state index in [1.54, 1.807) is 0 Å². The third-order valence-electron chi connectivity index (χ3n) is 1.23. The van der Waals surface area contributed by atoms with Gasteiger partial charge in [0.15, 0.2) is 0 Å². The number of nitrogens with two attached hydrogens (primary N) is 1. The van der Waals surface area contributed by atoms with Crippen LogP contribution in [0.4, 0.5) is 0 Å². The molecule has 0 unspecified atom stereocenters. The average Bonchev–Trinajstić information content (AvgIpc) is 1.98. The van der Waals surface area contributed by atoms with Crippen LogP contribution in [0.25, 0.3) is 0 Å². The summed E-state index contributed by atoms with van der Waals surface area (Å²) in [4.78, 5) is 11.1. The highest BCUT2D eigenvalue weighted by Gasteiger charge is 2.02. The summed E-state index contributed by atoms with van der Waals surface area (Å²) in [6.07, 6.45) is 0. The minimum absolute atomic E-state index is 0.151. The molecule has 0 bridgehead atoms. The summed E-state index contributed by atoms with van der Waals surface area (Å²) in [5, 5.41) is 9.79. The molecule has 0 aromatic heterocycles. The summed E-state index contributed by atoms with van der Waals surface area (Å²) in [6, 6.07) is 0. The second-order valence-electron chi connectivity index (χ2n) is 2.62. The van der Waals surface area contributed by atoms with E-state index in [4.69, 9.17) is 10.8 Å². The molecule has 0 radical (unpaired) electrons. The quantitative estimate of drug-likeness (QED) is 0.658. The van der Waals surface area contributed by atoms with E-state index in [9.17, 15) is 4.79 Å². The van der Waals surface area contributed by atoms with Crippen LogP contribution in [-0.2, 0) is 4.79 Å². The lowest BCUT2D eigenvalue weighted by atomic mass is 10.2. The van der Waals surface area contributed by atoms with Crippen LogP contribution in [0.5, 0.6) is 0 Å². The molecule has 0 aliphatic heterocycles. The zero-order chi connectivity index (χ0) is 9.72. The van der Waals surface area contributed by atoms with Gasteiger partial charge in [-0.25, -0.2) is 4.79 Å². The number of carboxylic acids is 1. The number of hydrogen-bond donors (Lipinski definition) is 2. The molecule has 0 fully saturated rings. The Hall–Kier alpha value is -0.900. The van der Waals surface area contributed by atoms with Gasteiger partial charge in [0, 0.05) is 5.41 Å². The lowest BCUT2D eigenvalue weighted by Gasteiger charge is -2.04. The van der Waals surface area contributed by atoms with Crippen LogP contribution in [0.3, 0.4) is 0 Å². The van der Waals surface area contributed by atoms with Crippen molar-refractivity contribution in [3.05, 3.63) is 22.6 Å². The van der Waals surface area contributed by atoms with Gasteiger partial charge in [0.1, 0.15) is 5.70 Å². The summed E-state index contributed by atoms with van der Waals surface area (Å²) in [5.74, 6) is -0.771. The fourth-order valence-electron chi connectivity index (χ4n) is 0.326. The second kappa shape index (κ2) is 4.87. The monoisotopic (exact) mass is 187 g/mol. The van der Waals surface area contributed by atoms with Gasteiger partial charge in [0.05, 0.1) is 0 Å². The summed E-state index contributed by atoms with van der Waals surface area (Å²) in [6.45, 7) is 7.73. The second-order valence-corrected chi connectivity index (χ2v) is 3.61. The third-order valence-corrected chi connectivity index (χ3v) is 2.37. The van der Waals surface area contributed by atoms with Crippen molar-refractivity contribution >= 4 is 17.7 Å². The van der Waals surface area contributed by atoms with E-state index in [1.165, 1.54) is 17.2 Å². The number of rotatable bonds is 4. The molecule has 0 amide bonds. The van der Waals surface area contributed by atoms with Crippen molar-refractivity contribution in [2.75, 3.05) is 0 Å². The van der Waals surface area contributed by atoms with Crippen LogP contribution in [-0.4, -0.2) is 11.1 Å². The highest BCUT2D eigenvalue weighted by Crippen LogP contribution is 2.23. The van der Waals surface area contributed by atoms with Crippen LogP contribution >= 0.6 is 11.8 Å². The fraction of sp³-hybridized carbons (Fsp3) is 0.375. The van der Waals surface area contributed by atoms with Gasteiger partial charge in [-0.05, 0) is 10.8 Å². The van der Waals surface area contributed by atoms with E-state index in [-0.39, 0.29) is 5.70 Å². The van der Waals surface area contributed by atoms with Crippen molar-refractivity contribution in [3.63, 3.8) is 0 Å². The molecule has 0 heterocycles. The summed E-state index contributed by atoms with van der Waals surface area (Å²) in [7, 11) is 0. The number of carboxylic acid groups (broad SMARTS) is 1. The van der Waals surface area contributed by atoms with E-state index in [1.807, 2.05) is 13.8 Å². The van der Waals surface area contributed by atoms with Gasteiger partial charge in [-0.2, -0.15) is 0 Å². The summed E-state index contributed by atoms with van der Waals surface area (Å²) in [5.41, 5.74) is 5.01. The van der Waals surface area contributed by atoms with Crippen molar-refractivity contribution in [1.29, 1.82) is 0 Å². The highest BCUT2D eigenvalue weighted by atomic mass is 32.2. The van der Waals surface area contributed by atoms with Crippen LogP contribution in [0.1, 0.15) is 13.8 Å². The number of thioether (sulfide) groups is 1. The molecule has 68 valence electrons. The zero-order valence-corrected chi connectivity index (χ0v) is 8.02. The van der Waals surface area contributed by atoms with Gasteiger partial charge in [-0.1, -0.05) is 20.4 Å². The first kappa shape index (κ1) is 11.1. The Bertz CT molecular complexity index is 221. The molecule has 0 spiro atoms. The van der Waals surface area contributed by atoms with Crippen LogP contribution in [0, 0.1) is 5.92 Å². The smallest absolute Gasteiger partial charge is 0.352 e. The third kappa shape index (κ3) is 4.08. The van der Waals surface area contributed by atoms with E-state index in [0.717, 1.165) is 4.91 Å². The summed E-state index contributed by atoms with van der Waals surface area (Å²) >= 11 is 1.26. The molecule has 0 aromatic carbocycles. The lowest BCUT2D eigenvalue weighted by molar-refractivity contribution is -0.132. The predicted molar refractivity (Wildman–Crippen MR) is 51.5 cm³/mol. The maximum Gasteiger partial charge on any atom is 0.352 e. The average molecular weight is 187 g/mol. The van der Waals surface area contributed by atoms with Gasteiger partial charge >= 0.3 is 5.97 Å². The Balaban J connectivity index is 4.05. The predicted octanol–water partition coefficient (Wildman–Crippen LogP) is 1.77. The number of aliphatic carboxylic acids is 1. The van der Waals surface area contributed by atoms with Crippen LogP contribution in [0.15, 0.2) is 22.6 Å². The van der Waals surface area contributed by atoms with Crippen LogP contribution in [0.2, 0.25) is 0 Å². The number of hydrogen-bond acceptors (Lipinski definition) is 3. The molecule has 3 nitrogen and oxygen atoms in total. The molecular formula is C8H13NO2S. The Kier molecular flexibility index (Phi) is 4.51. The zero-order valence-electron chi connectivity index (χ0n) is 7.20. The topological polar surface area (TPSA) is 63.3 Å². The Morgan fingerprint density at radius 1 is 1.67 bits per heavy atom. The normalized spacial score (nSPS) is 11.8. The van der Waals surface area contributed by atoms with E-state index >= 15 is 0 Å². The van der Waals surface area contributed by atoms with Crippen molar-refractivity contribution in [2.45, 2.75) is 13.8 Å². The maximum atomic E-state index is 10.2. The van der Waals surface area contributed by atoms with Crippen molar-refractivity contribution in [2.24, 2.45) is 11.7 Å². The Morgan fingerprint density at radius 2 is 2.17 bits per heavy atom. The van der Waals surface area contributed by atoms with E-state index < -0.39 is 5.97 Å².